The molecule has 1 fully saturated rings. The number of carbonyl (C=O) groups is 2. The van der Waals surface area contributed by atoms with Gasteiger partial charge in [-0.1, -0.05) is 6.07 Å². The van der Waals surface area contributed by atoms with Gasteiger partial charge in [0, 0.05) is 52.0 Å². The second-order valence-electron chi connectivity index (χ2n) is 6.31. The normalized spacial score (nSPS) is 17.9. The number of hydrogen-bond acceptors (Lipinski definition) is 4. The predicted octanol–water partition coefficient (Wildman–Crippen LogP) is 0.878. The van der Waals surface area contributed by atoms with Crippen molar-refractivity contribution in [2.24, 2.45) is 5.92 Å². The average Bonchev–Trinajstić information content (AvgIpc) is 3.03. The Hall–Kier alpha value is -2.41. The fourth-order valence-electron chi connectivity index (χ4n) is 3.11. The van der Waals surface area contributed by atoms with Crippen LogP contribution in [0, 0.1) is 5.92 Å². The van der Waals surface area contributed by atoms with E-state index in [1.807, 2.05) is 35.0 Å². The van der Waals surface area contributed by atoms with Crippen LogP contribution in [0.4, 0.5) is 0 Å². The molecule has 0 spiro atoms. The lowest BCUT2D eigenvalue weighted by molar-refractivity contribution is -0.138. The number of pyridine rings is 1. The first-order valence-corrected chi connectivity index (χ1v) is 8.64. The molecule has 2 aromatic heterocycles. The van der Waals surface area contributed by atoms with Gasteiger partial charge in [-0.2, -0.15) is 0 Å². The lowest BCUT2D eigenvalue weighted by atomic mass is 9.96. The molecular formula is C18H24N4O3. The highest BCUT2D eigenvalue weighted by molar-refractivity contribution is 5.83. The molecule has 1 atom stereocenters. The number of methoxy groups -OCH3 is 1. The van der Waals surface area contributed by atoms with Gasteiger partial charge in [0.1, 0.15) is 5.65 Å². The second kappa shape index (κ2) is 8.11. The van der Waals surface area contributed by atoms with E-state index in [1.54, 1.807) is 12.0 Å². The van der Waals surface area contributed by atoms with Gasteiger partial charge in [0.05, 0.1) is 18.2 Å². The van der Waals surface area contributed by atoms with Crippen LogP contribution in [0.1, 0.15) is 18.5 Å². The molecule has 0 radical (unpaired) electrons. The zero-order valence-corrected chi connectivity index (χ0v) is 14.5. The zero-order chi connectivity index (χ0) is 17.6. The first-order chi connectivity index (χ1) is 12.2. The summed E-state index contributed by atoms with van der Waals surface area (Å²) in [6, 6.07) is 5.86. The molecule has 0 aromatic carbocycles. The lowest BCUT2D eigenvalue weighted by Gasteiger charge is -2.31. The summed E-state index contributed by atoms with van der Waals surface area (Å²) < 4.78 is 6.99. The molecule has 3 heterocycles. The van der Waals surface area contributed by atoms with Crippen LogP contribution in [-0.2, 0) is 20.7 Å². The molecule has 25 heavy (non-hydrogen) atoms. The topological polar surface area (TPSA) is 75.9 Å². The maximum atomic E-state index is 12.4. The molecule has 7 heteroatoms. The van der Waals surface area contributed by atoms with Crippen molar-refractivity contribution in [1.29, 1.82) is 0 Å². The maximum Gasteiger partial charge on any atom is 0.224 e. The summed E-state index contributed by atoms with van der Waals surface area (Å²) in [6.45, 7) is 2.06. The second-order valence-corrected chi connectivity index (χ2v) is 6.31. The SMILES string of the molecule is COCCN1CC(C(=O)NCCc2cn3ccccc3n2)CCC1=O. The predicted molar refractivity (Wildman–Crippen MR) is 93.1 cm³/mol. The van der Waals surface area contributed by atoms with Crippen molar-refractivity contribution in [3.8, 4) is 0 Å². The van der Waals surface area contributed by atoms with Crippen molar-refractivity contribution in [3.05, 3.63) is 36.3 Å². The standard InChI is InChI=1S/C18H24N4O3/c1-25-11-10-22-12-14(5-6-17(22)23)18(24)19-8-7-15-13-21-9-3-2-4-16(21)20-15/h2-4,9,13-14H,5-8,10-12H2,1H3,(H,19,24). The Morgan fingerprint density at radius 3 is 3.12 bits per heavy atom. The highest BCUT2D eigenvalue weighted by Gasteiger charge is 2.29. The molecular weight excluding hydrogens is 320 g/mol. The van der Waals surface area contributed by atoms with Crippen molar-refractivity contribution in [2.75, 3.05) is 33.4 Å². The molecule has 1 aliphatic heterocycles. The van der Waals surface area contributed by atoms with Crippen LogP contribution in [0.15, 0.2) is 30.6 Å². The molecule has 0 bridgehead atoms. The first kappa shape index (κ1) is 17.4. The summed E-state index contributed by atoms with van der Waals surface area (Å²) in [5.74, 6) is -0.0277. The minimum absolute atomic E-state index is 0.0127. The maximum absolute atomic E-state index is 12.4. The minimum atomic E-state index is -0.143. The highest BCUT2D eigenvalue weighted by atomic mass is 16.5. The summed E-state index contributed by atoms with van der Waals surface area (Å²) in [6.07, 6.45) is 5.66. The number of nitrogens with zero attached hydrogens (tertiary/aromatic N) is 3. The average molecular weight is 344 g/mol. The van der Waals surface area contributed by atoms with Gasteiger partial charge in [-0.25, -0.2) is 4.98 Å². The molecule has 1 N–H and O–H groups in total. The number of aromatic nitrogens is 2. The van der Waals surface area contributed by atoms with E-state index in [9.17, 15) is 9.59 Å². The molecule has 2 aromatic rings. The molecule has 1 unspecified atom stereocenters. The van der Waals surface area contributed by atoms with E-state index in [-0.39, 0.29) is 17.7 Å². The van der Waals surface area contributed by atoms with E-state index in [1.165, 1.54) is 0 Å². The fraction of sp³-hybridized carbons (Fsp3) is 0.500. The molecule has 1 saturated heterocycles. The van der Waals surface area contributed by atoms with Gasteiger partial charge < -0.3 is 19.4 Å². The minimum Gasteiger partial charge on any atom is -0.383 e. The van der Waals surface area contributed by atoms with Crippen LogP contribution in [0.2, 0.25) is 0 Å². The molecule has 0 saturated carbocycles. The Labute approximate surface area is 147 Å². The Morgan fingerprint density at radius 1 is 1.44 bits per heavy atom. The summed E-state index contributed by atoms with van der Waals surface area (Å²) in [4.78, 5) is 30.5. The number of rotatable bonds is 7. The monoisotopic (exact) mass is 344 g/mol. The number of ether oxygens (including phenoxy) is 1. The number of imidazole rings is 1. The number of piperidine rings is 1. The van der Waals surface area contributed by atoms with Gasteiger partial charge in [0.25, 0.3) is 0 Å². The van der Waals surface area contributed by atoms with E-state index in [0.29, 0.717) is 45.5 Å². The number of likely N-dealkylation sites (tertiary alicyclic amines) is 1. The number of amides is 2. The third-order valence-corrected chi connectivity index (χ3v) is 4.53. The van der Waals surface area contributed by atoms with Gasteiger partial charge in [0.15, 0.2) is 0 Å². The molecule has 7 nitrogen and oxygen atoms in total. The summed E-state index contributed by atoms with van der Waals surface area (Å²) >= 11 is 0. The van der Waals surface area contributed by atoms with E-state index >= 15 is 0 Å². The van der Waals surface area contributed by atoms with Crippen LogP contribution in [-0.4, -0.2) is 59.4 Å². The largest absolute Gasteiger partial charge is 0.383 e. The highest BCUT2D eigenvalue weighted by Crippen LogP contribution is 2.17. The molecule has 134 valence electrons. The Balaban J connectivity index is 1.47. The number of carbonyl (C=O) groups excluding carboxylic acids is 2. The summed E-state index contributed by atoms with van der Waals surface area (Å²) in [7, 11) is 1.61. The number of nitrogens with one attached hydrogen (secondary N) is 1. The van der Waals surface area contributed by atoms with Crippen LogP contribution in [0.3, 0.4) is 0 Å². The quantitative estimate of drug-likeness (QED) is 0.809. The first-order valence-electron chi connectivity index (χ1n) is 8.64. The van der Waals surface area contributed by atoms with Gasteiger partial charge >= 0.3 is 0 Å². The van der Waals surface area contributed by atoms with Crippen LogP contribution < -0.4 is 5.32 Å². The Morgan fingerprint density at radius 2 is 2.32 bits per heavy atom. The Bertz CT molecular complexity index is 710. The van der Waals surface area contributed by atoms with Crippen LogP contribution in [0.25, 0.3) is 5.65 Å². The van der Waals surface area contributed by atoms with Gasteiger partial charge in [0.2, 0.25) is 11.8 Å². The van der Waals surface area contributed by atoms with Gasteiger partial charge in [-0.3, -0.25) is 9.59 Å². The summed E-state index contributed by atoms with van der Waals surface area (Å²) in [5.41, 5.74) is 1.86. The van der Waals surface area contributed by atoms with Crippen LogP contribution in [0.5, 0.6) is 0 Å². The van der Waals surface area contributed by atoms with E-state index in [0.717, 1.165) is 11.3 Å². The van der Waals surface area contributed by atoms with Gasteiger partial charge in [-0.05, 0) is 18.6 Å². The fourth-order valence-corrected chi connectivity index (χ4v) is 3.11. The molecule has 0 aliphatic carbocycles. The number of fused-ring (bicyclic) bond motifs is 1. The van der Waals surface area contributed by atoms with Crippen molar-refractivity contribution in [3.63, 3.8) is 0 Å². The van der Waals surface area contributed by atoms with Crippen molar-refractivity contribution in [2.45, 2.75) is 19.3 Å². The van der Waals surface area contributed by atoms with E-state index in [2.05, 4.69) is 10.3 Å². The van der Waals surface area contributed by atoms with E-state index < -0.39 is 0 Å². The summed E-state index contributed by atoms with van der Waals surface area (Å²) in [5, 5.41) is 2.98. The van der Waals surface area contributed by atoms with Crippen LogP contribution >= 0.6 is 0 Å². The smallest absolute Gasteiger partial charge is 0.224 e. The molecule has 2 amide bonds. The molecule has 1 aliphatic rings. The molecule has 3 rings (SSSR count). The van der Waals surface area contributed by atoms with E-state index in [4.69, 9.17) is 4.74 Å². The van der Waals surface area contributed by atoms with Crippen molar-refractivity contribution < 1.29 is 14.3 Å². The lowest BCUT2D eigenvalue weighted by Crippen LogP contribution is -2.47. The third-order valence-electron chi connectivity index (χ3n) is 4.53. The van der Waals surface area contributed by atoms with Gasteiger partial charge in [-0.15, -0.1) is 0 Å². The zero-order valence-electron chi connectivity index (χ0n) is 14.5. The number of hydrogen-bond donors (Lipinski definition) is 1. The Kier molecular flexibility index (Phi) is 5.65. The van der Waals surface area contributed by atoms with Crippen molar-refractivity contribution in [1.82, 2.24) is 19.6 Å². The third kappa shape index (κ3) is 4.36. The van der Waals surface area contributed by atoms with Crippen molar-refractivity contribution >= 4 is 17.5 Å².